The zero-order valence-corrected chi connectivity index (χ0v) is 30.7. The highest BCUT2D eigenvalue weighted by atomic mass is 32.2. The number of nitrogens with one attached hydrogen (secondary N) is 3. The summed E-state index contributed by atoms with van der Waals surface area (Å²) in [6.45, 7) is 4.76. The van der Waals surface area contributed by atoms with Crippen LogP contribution in [-0.4, -0.2) is 97.3 Å². The number of amides is 4. The molecule has 3 fully saturated rings. The van der Waals surface area contributed by atoms with Gasteiger partial charge in [0.1, 0.15) is 42.7 Å². The molecule has 14 nitrogen and oxygen atoms in total. The van der Waals surface area contributed by atoms with Crippen LogP contribution >= 0.6 is 0 Å². The first-order chi connectivity index (χ1) is 25.6. The highest BCUT2D eigenvalue weighted by Gasteiger charge is 2.67. The van der Waals surface area contributed by atoms with E-state index in [1.807, 2.05) is 35.1 Å². The molecule has 2 aliphatic heterocycles. The number of pyridine rings is 1. The number of hydrogen-bond donors (Lipinski definition) is 3. The second-order valence-electron chi connectivity index (χ2n) is 15.3. The number of carbonyl (C=O) groups is 4. The minimum atomic E-state index is -4.13. The lowest BCUT2D eigenvalue weighted by atomic mass is 9.85. The zero-order chi connectivity index (χ0) is 38.6. The molecule has 54 heavy (non-hydrogen) atoms. The number of fused-ring (bicyclic) bond motifs is 7. The summed E-state index contributed by atoms with van der Waals surface area (Å²) in [5, 5.41) is 5.02. The highest BCUT2D eigenvalue weighted by molar-refractivity contribution is 7.91. The number of cyclic esters (lactones) is 1. The fraction of sp³-hybridized carbons (Fsp3) is 0.486. The molecule has 1 aromatic heterocycles. The minimum absolute atomic E-state index is 0.00231. The molecule has 3 aromatic rings. The summed E-state index contributed by atoms with van der Waals surface area (Å²) in [6.07, 6.45) is -4.86. The van der Waals surface area contributed by atoms with E-state index in [2.05, 4.69) is 10.6 Å². The van der Waals surface area contributed by atoms with Crippen molar-refractivity contribution in [1.29, 1.82) is 0 Å². The van der Waals surface area contributed by atoms with E-state index in [9.17, 15) is 36.4 Å². The van der Waals surface area contributed by atoms with Crippen LogP contribution in [0.2, 0.25) is 0 Å². The van der Waals surface area contributed by atoms with Gasteiger partial charge in [-0.05, 0) is 54.5 Å². The number of sulfonamides is 1. The van der Waals surface area contributed by atoms with Gasteiger partial charge < -0.3 is 29.7 Å². The van der Waals surface area contributed by atoms with Gasteiger partial charge in [0.05, 0.1) is 23.2 Å². The number of benzene rings is 2. The molecule has 5 atom stereocenters. The van der Waals surface area contributed by atoms with E-state index in [4.69, 9.17) is 19.2 Å². The van der Waals surface area contributed by atoms with Crippen molar-refractivity contribution in [3.05, 3.63) is 54.6 Å². The van der Waals surface area contributed by atoms with Crippen molar-refractivity contribution in [2.75, 3.05) is 19.8 Å². The van der Waals surface area contributed by atoms with Crippen molar-refractivity contribution >= 4 is 44.7 Å². The van der Waals surface area contributed by atoms with Gasteiger partial charge in [-0.1, -0.05) is 51.1 Å². The molecule has 17 heteroatoms. The first-order valence-electron chi connectivity index (χ1n) is 17.8. The Hall–Kier alpha value is -5.06. The van der Waals surface area contributed by atoms with Crippen LogP contribution in [-0.2, 0) is 29.1 Å². The van der Waals surface area contributed by atoms with Gasteiger partial charge in [-0.15, -0.1) is 0 Å². The molecule has 2 saturated carbocycles. The van der Waals surface area contributed by atoms with Crippen LogP contribution in [0, 0.1) is 11.3 Å². The summed E-state index contributed by atoms with van der Waals surface area (Å²) >= 11 is 0. The molecule has 0 radical (unpaired) electrons. The van der Waals surface area contributed by atoms with Gasteiger partial charge in [-0.2, -0.15) is 0 Å². The molecular weight excluding hydrogens is 728 g/mol. The predicted octanol–water partition coefficient (Wildman–Crippen LogP) is 3.53. The van der Waals surface area contributed by atoms with Crippen LogP contribution < -0.4 is 24.8 Å². The summed E-state index contributed by atoms with van der Waals surface area (Å²) in [5.74, 6) is -3.89. The summed E-state index contributed by atoms with van der Waals surface area (Å²) < 4.78 is 73.1. The van der Waals surface area contributed by atoms with E-state index in [0.717, 1.165) is 5.39 Å². The number of aromatic nitrogens is 1. The largest absolute Gasteiger partial charge is 0.490 e. The topological polar surface area (TPSA) is 182 Å². The van der Waals surface area contributed by atoms with E-state index in [0.29, 0.717) is 35.2 Å². The fourth-order valence-electron chi connectivity index (χ4n) is 6.99. The molecule has 2 aromatic carbocycles. The normalized spacial score (nSPS) is 26.1. The van der Waals surface area contributed by atoms with Crippen molar-refractivity contribution in [2.24, 2.45) is 11.3 Å². The number of rotatable bonds is 6. The summed E-state index contributed by atoms with van der Waals surface area (Å²) in [4.78, 5) is 61.0. The Bertz CT molecular complexity index is 2110. The number of alkyl carbamates (subject to hydrolysis) is 1. The molecule has 1 saturated heterocycles. The van der Waals surface area contributed by atoms with Gasteiger partial charge in [-0.3, -0.25) is 19.1 Å². The first-order valence-corrected chi connectivity index (χ1v) is 19.3. The van der Waals surface area contributed by atoms with Crippen LogP contribution in [0.3, 0.4) is 0 Å². The smallest absolute Gasteiger partial charge is 0.407 e. The quantitative estimate of drug-likeness (QED) is 0.336. The van der Waals surface area contributed by atoms with Crippen molar-refractivity contribution in [1.82, 2.24) is 25.2 Å². The van der Waals surface area contributed by atoms with Gasteiger partial charge >= 0.3 is 6.09 Å². The third-order valence-corrected chi connectivity index (χ3v) is 12.0. The Morgan fingerprint density at radius 1 is 1.04 bits per heavy atom. The lowest BCUT2D eigenvalue weighted by Crippen LogP contribution is -2.60. The minimum Gasteiger partial charge on any atom is -0.490 e. The SMILES string of the molecule is CC(C)(C)[C@H]1NC(=O)OCCOc2cccc(c2)-c2cc3ccccc3nc2OC2C[C@@H](C(=O)NC3(C(=O)NS(=O)(=O)C4CC4)C[C@H]3C(F)F)N(C2)C1=O. The molecule has 4 aliphatic rings. The number of nitrogens with zero attached hydrogens (tertiary/aromatic N) is 2. The van der Waals surface area contributed by atoms with Gasteiger partial charge in [0, 0.05) is 17.4 Å². The average Bonchev–Trinajstić information content (AvgIpc) is 4.05. The molecule has 3 heterocycles. The van der Waals surface area contributed by atoms with Crippen LogP contribution in [0.5, 0.6) is 11.6 Å². The first kappa shape index (κ1) is 37.3. The van der Waals surface area contributed by atoms with Crippen molar-refractivity contribution in [3.8, 4) is 22.8 Å². The van der Waals surface area contributed by atoms with Crippen LogP contribution in [0.1, 0.15) is 46.5 Å². The van der Waals surface area contributed by atoms with Crippen LogP contribution in [0.4, 0.5) is 13.6 Å². The lowest BCUT2D eigenvalue weighted by Gasteiger charge is -2.35. The number of ether oxygens (including phenoxy) is 3. The van der Waals surface area contributed by atoms with Gasteiger partial charge in [0.15, 0.2) is 0 Å². The van der Waals surface area contributed by atoms with Crippen molar-refractivity contribution < 1.29 is 50.6 Å². The van der Waals surface area contributed by atoms with E-state index in [1.165, 1.54) is 4.90 Å². The lowest BCUT2D eigenvalue weighted by molar-refractivity contribution is -0.143. The molecule has 0 spiro atoms. The third-order valence-electron chi connectivity index (χ3n) is 10.2. The standard InChI is InChI=1S/C37H41F2N5O9S/c1-36(2,3)29-33(46)44-19-23(17-28(44)31(45)42-37(18-26(37)30(38)39)34(47)43-54(49,50)24-11-12-24)53-32-25(16-21-7-4-5-10-27(21)40-32)20-8-6-9-22(15-20)51-13-14-52-35(48)41-29/h4-10,15-16,23-24,26,28-30H,11-14,17-19H2,1-3H3,(H,41,48)(H,42,45)(H,43,47)/t23?,26-,28-,29-,37?/m0/s1. The Morgan fingerprint density at radius 3 is 2.48 bits per heavy atom. The molecule has 288 valence electrons. The van der Waals surface area contributed by atoms with E-state index < -0.39 is 87.0 Å². The average molecular weight is 770 g/mol. The molecule has 4 bridgehead atoms. The highest BCUT2D eigenvalue weighted by Crippen LogP contribution is 2.48. The molecule has 4 amide bonds. The number of para-hydroxylation sites is 1. The van der Waals surface area contributed by atoms with Crippen LogP contribution in [0.25, 0.3) is 22.0 Å². The van der Waals surface area contributed by atoms with Crippen molar-refractivity contribution in [2.45, 2.75) is 81.9 Å². The molecular formula is C37H41F2N5O9S. The molecule has 2 aliphatic carbocycles. The summed E-state index contributed by atoms with van der Waals surface area (Å²) in [7, 11) is -4.13. The second kappa shape index (κ2) is 14.0. The second-order valence-corrected chi connectivity index (χ2v) is 17.2. The Kier molecular flexibility index (Phi) is 9.64. The maximum atomic E-state index is 14.5. The summed E-state index contributed by atoms with van der Waals surface area (Å²) in [5.41, 5.74) is -1.27. The Balaban J connectivity index is 1.26. The zero-order valence-electron chi connectivity index (χ0n) is 29.8. The fourth-order valence-corrected chi connectivity index (χ4v) is 8.35. The van der Waals surface area contributed by atoms with Gasteiger partial charge in [0.2, 0.25) is 34.1 Å². The number of hydrogen-bond acceptors (Lipinski definition) is 10. The van der Waals surface area contributed by atoms with Gasteiger partial charge in [-0.25, -0.2) is 27.0 Å². The van der Waals surface area contributed by atoms with Crippen molar-refractivity contribution in [3.63, 3.8) is 0 Å². The predicted molar refractivity (Wildman–Crippen MR) is 190 cm³/mol. The maximum absolute atomic E-state index is 14.5. The Labute approximate surface area is 310 Å². The van der Waals surface area contributed by atoms with E-state index in [-0.39, 0.29) is 32.1 Å². The molecule has 2 unspecified atom stereocenters. The van der Waals surface area contributed by atoms with E-state index >= 15 is 0 Å². The number of alkyl halides is 2. The maximum Gasteiger partial charge on any atom is 0.407 e. The third kappa shape index (κ3) is 7.50. The summed E-state index contributed by atoms with van der Waals surface area (Å²) in [6, 6.07) is 13.8. The number of carbonyl (C=O) groups excluding carboxylic acids is 4. The monoisotopic (exact) mass is 769 g/mol. The van der Waals surface area contributed by atoms with Gasteiger partial charge in [0.25, 0.3) is 5.91 Å². The molecule has 3 N–H and O–H groups in total. The Morgan fingerprint density at radius 2 is 1.78 bits per heavy atom. The molecule has 7 rings (SSSR count). The van der Waals surface area contributed by atoms with Crippen LogP contribution in [0.15, 0.2) is 54.6 Å². The van der Waals surface area contributed by atoms with E-state index in [1.54, 1.807) is 45.0 Å². The number of halogens is 2.